The Morgan fingerprint density at radius 2 is 1.88 bits per heavy atom. The lowest BCUT2D eigenvalue weighted by molar-refractivity contribution is 0.729. The molecule has 1 aliphatic rings. The van der Waals surface area contributed by atoms with Gasteiger partial charge < -0.3 is 10.6 Å². The van der Waals surface area contributed by atoms with Gasteiger partial charge in [0.05, 0.1) is 11.4 Å². The number of benzene rings is 1. The molecule has 0 aliphatic carbocycles. The van der Waals surface area contributed by atoms with Crippen LogP contribution in [0.15, 0.2) is 18.2 Å². The highest BCUT2D eigenvalue weighted by Crippen LogP contribution is 2.32. The maximum Gasteiger partial charge on any atom is 0.0603 e. The van der Waals surface area contributed by atoms with Crippen molar-refractivity contribution in [1.29, 1.82) is 0 Å². The van der Waals surface area contributed by atoms with E-state index in [2.05, 4.69) is 55.6 Å². The van der Waals surface area contributed by atoms with Crippen molar-refractivity contribution in [1.82, 2.24) is 0 Å². The molecule has 0 radical (unpaired) electrons. The van der Waals surface area contributed by atoms with E-state index in [1.807, 2.05) is 0 Å². The van der Waals surface area contributed by atoms with Crippen molar-refractivity contribution in [3.8, 4) is 0 Å². The van der Waals surface area contributed by atoms with Gasteiger partial charge in [0.25, 0.3) is 0 Å². The predicted molar refractivity (Wildman–Crippen MR) is 74.3 cm³/mol. The molecule has 1 aromatic rings. The molecule has 1 heterocycles. The third kappa shape index (κ3) is 2.29. The number of thioether (sulfide) groups is 1. The van der Waals surface area contributed by atoms with Crippen molar-refractivity contribution in [2.75, 3.05) is 23.7 Å². The van der Waals surface area contributed by atoms with E-state index in [0.29, 0.717) is 10.5 Å². The number of aryl methyl sites for hydroxylation is 1. The standard InChI is InChI=1S/C13H20N2S/c1-9-5-4-6-12(13(9)14)15-7-10(2)16-11(3)8-15/h4-6,10-11H,7-8,14H2,1-3H3. The fourth-order valence-electron chi connectivity index (χ4n) is 2.32. The molecule has 2 rings (SSSR count). The fraction of sp³-hybridized carbons (Fsp3) is 0.538. The number of anilines is 2. The Morgan fingerprint density at radius 1 is 1.25 bits per heavy atom. The quantitative estimate of drug-likeness (QED) is 0.760. The van der Waals surface area contributed by atoms with E-state index in [1.165, 1.54) is 11.3 Å². The smallest absolute Gasteiger partial charge is 0.0603 e. The zero-order valence-corrected chi connectivity index (χ0v) is 11.1. The molecule has 1 saturated heterocycles. The van der Waals surface area contributed by atoms with Gasteiger partial charge >= 0.3 is 0 Å². The fourth-order valence-corrected chi connectivity index (χ4v) is 3.64. The molecule has 1 fully saturated rings. The van der Waals surface area contributed by atoms with Crippen molar-refractivity contribution in [2.45, 2.75) is 31.3 Å². The van der Waals surface area contributed by atoms with Crippen molar-refractivity contribution < 1.29 is 0 Å². The average Bonchev–Trinajstić information content (AvgIpc) is 2.20. The van der Waals surface area contributed by atoms with Gasteiger partial charge in [-0.2, -0.15) is 11.8 Å². The van der Waals surface area contributed by atoms with E-state index in [9.17, 15) is 0 Å². The predicted octanol–water partition coefficient (Wildman–Crippen LogP) is 2.91. The Morgan fingerprint density at radius 3 is 2.50 bits per heavy atom. The number of nitrogens with two attached hydrogens (primary N) is 1. The second-order valence-electron chi connectivity index (χ2n) is 4.67. The highest BCUT2D eigenvalue weighted by molar-refractivity contribution is 8.00. The van der Waals surface area contributed by atoms with Crippen molar-refractivity contribution in [2.24, 2.45) is 0 Å². The second-order valence-corrected chi connectivity index (χ2v) is 6.55. The Kier molecular flexibility index (Phi) is 3.33. The van der Waals surface area contributed by atoms with Crippen molar-refractivity contribution in [3.63, 3.8) is 0 Å². The normalized spacial score (nSPS) is 25.8. The Balaban J connectivity index is 2.26. The van der Waals surface area contributed by atoms with E-state index in [4.69, 9.17) is 5.73 Å². The molecule has 3 heteroatoms. The van der Waals surface area contributed by atoms with Crippen LogP contribution in [-0.4, -0.2) is 23.6 Å². The summed E-state index contributed by atoms with van der Waals surface area (Å²) in [6, 6.07) is 6.31. The van der Waals surface area contributed by atoms with Gasteiger partial charge in [-0.15, -0.1) is 0 Å². The summed E-state index contributed by atoms with van der Waals surface area (Å²) in [4.78, 5) is 2.42. The summed E-state index contributed by atoms with van der Waals surface area (Å²) in [6.45, 7) is 8.86. The molecule has 0 bridgehead atoms. The van der Waals surface area contributed by atoms with E-state index in [1.54, 1.807) is 0 Å². The second kappa shape index (κ2) is 4.58. The maximum absolute atomic E-state index is 6.16. The van der Waals surface area contributed by atoms with Crippen LogP contribution in [0.1, 0.15) is 19.4 Å². The Labute approximate surface area is 102 Å². The van der Waals surface area contributed by atoms with E-state index in [-0.39, 0.29) is 0 Å². The first kappa shape index (κ1) is 11.6. The van der Waals surface area contributed by atoms with E-state index < -0.39 is 0 Å². The first-order valence-corrected chi connectivity index (χ1v) is 6.77. The van der Waals surface area contributed by atoms with Gasteiger partial charge in [0.1, 0.15) is 0 Å². The number of rotatable bonds is 1. The van der Waals surface area contributed by atoms with Crippen LogP contribution >= 0.6 is 11.8 Å². The first-order valence-electron chi connectivity index (χ1n) is 5.83. The summed E-state index contributed by atoms with van der Waals surface area (Å²) in [5, 5.41) is 1.37. The number of hydrogen-bond acceptors (Lipinski definition) is 3. The van der Waals surface area contributed by atoms with Gasteiger partial charge in [0.15, 0.2) is 0 Å². The molecule has 2 atom stereocenters. The van der Waals surface area contributed by atoms with Crippen LogP contribution < -0.4 is 10.6 Å². The molecule has 88 valence electrons. The zero-order chi connectivity index (χ0) is 11.7. The number of nitrogen functional groups attached to an aromatic ring is 1. The van der Waals surface area contributed by atoms with Crippen molar-refractivity contribution >= 4 is 23.1 Å². The summed E-state index contributed by atoms with van der Waals surface area (Å²) < 4.78 is 0. The molecule has 0 amide bonds. The summed E-state index contributed by atoms with van der Waals surface area (Å²) in [5.74, 6) is 0. The van der Waals surface area contributed by atoms with Crippen LogP contribution in [0.4, 0.5) is 11.4 Å². The van der Waals surface area contributed by atoms with Crippen LogP contribution in [0.3, 0.4) is 0 Å². The molecule has 2 unspecified atom stereocenters. The van der Waals surface area contributed by atoms with Crippen LogP contribution in [0, 0.1) is 6.92 Å². The van der Waals surface area contributed by atoms with Crippen LogP contribution in [-0.2, 0) is 0 Å². The highest BCUT2D eigenvalue weighted by atomic mass is 32.2. The minimum atomic E-state index is 0.684. The lowest BCUT2D eigenvalue weighted by Gasteiger charge is -2.37. The maximum atomic E-state index is 6.16. The van der Waals surface area contributed by atoms with Crippen LogP contribution in [0.25, 0.3) is 0 Å². The lowest BCUT2D eigenvalue weighted by atomic mass is 10.1. The third-order valence-corrected chi connectivity index (χ3v) is 4.29. The molecule has 1 aliphatic heterocycles. The van der Waals surface area contributed by atoms with E-state index >= 15 is 0 Å². The van der Waals surface area contributed by atoms with Gasteiger partial charge in [0.2, 0.25) is 0 Å². The summed E-state index contributed by atoms with van der Waals surface area (Å²) in [5.41, 5.74) is 9.48. The molecule has 0 spiro atoms. The minimum absolute atomic E-state index is 0.684. The molecule has 0 saturated carbocycles. The van der Waals surface area contributed by atoms with Crippen LogP contribution in [0.5, 0.6) is 0 Å². The SMILES string of the molecule is Cc1cccc(N2CC(C)SC(C)C2)c1N. The summed E-state index contributed by atoms with van der Waals surface area (Å²) in [6.07, 6.45) is 0. The topological polar surface area (TPSA) is 29.3 Å². The molecule has 2 nitrogen and oxygen atoms in total. The number of nitrogens with zero attached hydrogens (tertiary/aromatic N) is 1. The Bertz CT molecular complexity index is 368. The minimum Gasteiger partial charge on any atom is -0.397 e. The monoisotopic (exact) mass is 236 g/mol. The molecule has 2 N–H and O–H groups in total. The van der Waals surface area contributed by atoms with Gasteiger partial charge in [-0.1, -0.05) is 26.0 Å². The average molecular weight is 236 g/mol. The van der Waals surface area contributed by atoms with Gasteiger partial charge in [-0.25, -0.2) is 0 Å². The molecular formula is C13H20N2S. The van der Waals surface area contributed by atoms with Gasteiger partial charge in [-0.05, 0) is 18.6 Å². The number of hydrogen-bond donors (Lipinski definition) is 1. The third-order valence-electron chi connectivity index (χ3n) is 3.06. The molecule has 1 aromatic carbocycles. The zero-order valence-electron chi connectivity index (χ0n) is 10.2. The largest absolute Gasteiger partial charge is 0.397 e. The van der Waals surface area contributed by atoms with Gasteiger partial charge in [-0.3, -0.25) is 0 Å². The molecule has 16 heavy (non-hydrogen) atoms. The van der Waals surface area contributed by atoms with Gasteiger partial charge in [0, 0.05) is 23.6 Å². The summed E-state index contributed by atoms with van der Waals surface area (Å²) >= 11 is 2.07. The van der Waals surface area contributed by atoms with Crippen LogP contribution in [0.2, 0.25) is 0 Å². The highest BCUT2D eigenvalue weighted by Gasteiger charge is 2.23. The lowest BCUT2D eigenvalue weighted by Crippen LogP contribution is -2.40. The first-order chi connectivity index (χ1) is 7.58. The van der Waals surface area contributed by atoms with Crippen molar-refractivity contribution in [3.05, 3.63) is 23.8 Å². The van der Waals surface area contributed by atoms with E-state index in [0.717, 1.165) is 18.8 Å². The summed E-state index contributed by atoms with van der Waals surface area (Å²) in [7, 11) is 0. The Hall–Kier alpha value is -0.830. The number of para-hydroxylation sites is 1. The molecule has 0 aromatic heterocycles. The molecular weight excluding hydrogens is 216 g/mol.